The molecule has 0 amide bonds. The standard InChI is InChI=1S/C20H38O5/c1-6-9-10-11-14-24-18(21)20(7-2,8-3)19(22)25-16-13-17(4)12-15-23-5/h17H,6-16H2,1-5H3. The molecule has 1 unspecified atom stereocenters. The van der Waals surface area contributed by atoms with Crippen LogP contribution < -0.4 is 0 Å². The predicted molar refractivity (Wildman–Crippen MR) is 99.3 cm³/mol. The van der Waals surface area contributed by atoms with Crippen molar-refractivity contribution < 1.29 is 23.8 Å². The summed E-state index contributed by atoms with van der Waals surface area (Å²) in [5.41, 5.74) is -1.17. The van der Waals surface area contributed by atoms with Gasteiger partial charge in [0.1, 0.15) is 0 Å². The predicted octanol–water partition coefficient (Wildman–Crippen LogP) is 4.52. The number of hydrogen-bond donors (Lipinski definition) is 0. The van der Waals surface area contributed by atoms with Gasteiger partial charge in [-0.15, -0.1) is 0 Å². The zero-order valence-electron chi connectivity index (χ0n) is 16.9. The summed E-state index contributed by atoms with van der Waals surface area (Å²) >= 11 is 0. The van der Waals surface area contributed by atoms with Gasteiger partial charge in [-0.1, -0.05) is 47.0 Å². The van der Waals surface area contributed by atoms with Crippen LogP contribution in [0.3, 0.4) is 0 Å². The lowest BCUT2D eigenvalue weighted by molar-refractivity contribution is -0.173. The molecule has 0 aliphatic carbocycles. The Morgan fingerprint density at radius 1 is 0.840 bits per heavy atom. The molecular weight excluding hydrogens is 320 g/mol. The quantitative estimate of drug-likeness (QED) is 0.245. The number of unbranched alkanes of at least 4 members (excludes halogenated alkanes) is 3. The highest BCUT2D eigenvalue weighted by atomic mass is 16.6. The average Bonchev–Trinajstić information content (AvgIpc) is 2.61. The summed E-state index contributed by atoms with van der Waals surface area (Å²) in [6, 6.07) is 0. The Balaban J connectivity index is 4.46. The Hall–Kier alpha value is -1.10. The maximum absolute atomic E-state index is 12.6. The number of esters is 2. The second-order valence-corrected chi connectivity index (χ2v) is 6.80. The highest BCUT2D eigenvalue weighted by Gasteiger charge is 2.45. The number of carbonyl (C=O) groups is 2. The van der Waals surface area contributed by atoms with E-state index < -0.39 is 17.4 Å². The van der Waals surface area contributed by atoms with Crippen LogP contribution in [0.5, 0.6) is 0 Å². The van der Waals surface area contributed by atoms with Gasteiger partial charge < -0.3 is 14.2 Å². The first-order valence-electron chi connectivity index (χ1n) is 9.81. The first-order chi connectivity index (χ1) is 12.0. The molecule has 5 nitrogen and oxygen atoms in total. The van der Waals surface area contributed by atoms with Crippen LogP contribution in [0, 0.1) is 11.3 Å². The van der Waals surface area contributed by atoms with Crippen molar-refractivity contribution in [3.05, 3.63) is 0 Å². The van der Waals surface area contributed by atoms with Crippen LogP contribution in [0.1, 0.15) is 79.1 Å². The Labute approximate surface area is 153 Å². The van der Waals surface area contributed by atoms with Gasteiger partial charge in [0.05, 0.1) is 13.2 Å². The molecule has 0 heterocycles. The molecule has 25 heavy (non-hydrogen) atoms. The SMILES string of the molecule is CCCCCCOC(=O)C(CC)(CC)C(=O)OCCC(C)CCOC. The van der Waals surface area contributed by atoms with E-state index in [1.54, 1.807) is 7.11 Å². The van der Waals surface area contributed by atoms with Crippen LogP contribution in [0.2, 0.25) is 0 Å². The summed E-state index contributed by atoms with van der Waals surface area (Å²) in [5.74, 6) is -0.475. The minimum Gasteiger partial charge on any atom is -0.465 e. The van der Waals surface area contributed by atoms with Gasteiger partial charge >= 0.3 is 11.9 Å². The monoisotopic (exact) mass is 358 g/mol. The lowest BCUT2D eigenvalue weighted by Crippen LogP contribution is -2.41. The molecule has 0 saturated carbocycles. The number of methoxy groups -OCH3 is 1. The largest absolute Gasteiger partial charge is 0.465 e. The van der Waals surface area contributed by atoms with Crippen molar-refractivity contribution >= 4 is 11.9 Å². The van der Waals surface area contributed by atoms with Crippen molar-refractivity contribution in [2.45, 2.75) is 79.1 Å². The molecule has 0 aromatic rings. The van der Waals surface area contributed by atoms with E-state index in [9.17, 15) is 9.59 Å². The average molecular weight is 359 g/mol. The van der Waals surface area contributed by atoms with Gasteiger partial charge in [0.25, 0.3) is 0 Å². The van der Waals surface area contributed by atoms with Crippen LogP contribution in [0.25, 0.3) is 0 Å². The molecule has 0 saturated heterocycles. The van der Waals surface area contributed by atoms with E-state index in [4.69, 9.17) is 14.2 Å². The fourth-order valence-corrected chi connectivity index (χ4v) is 2.70. The molecule has 0 aromatic carbocycles. The molecule has 1 atom stereocenters. The maximum Gasteiger partial charge on any atom is 0.323 e. The van der Waals surface area contributed by atoms with E-state index in [-0.39, 0.29) is 0 Å². The zero-order valence-corrected chi connectivity index (χ0v) is 16.9. The van der Waals surface area contributed by atoms with E-state index in [1.807, 2.05) is 13.8 Å². The van der Waals surface area contributed by atoms with E-state index >= 15 is 0 Å². The molecule has 0 fully saturated rings. The first kappa shape index (κ1) is 23.9. The molecule has 0 radical (unpaired) electrons. The maximum atomic E-state index is 12.6. The fraction of sp³-hybridized carbons (Fsp3) is 0.900. The van der Waals surface area contributed by atoms with Gasteiger partial charge in [0, 0.05) is 13.7 Å². The van der Waals surface area contributed by atoms with Gasteiger partial charge in [-0.3, -0.25) is 9.59 Å². The Kier molecular flexibility index (Phi) is 13.5. The smallest absolute Gasteiger partial charge is 0.323 e. The van der Waals surface area contributed by atoms with Gasteiger partial charge in [0.15, 0.2) is 5.41 Å². The first-order valence-corrected chi connectivity index (χ1v) is 9.81. The molecule has 0 aliphatic rings. The number of rotatable bonds is 15. The van der Waals surface area contributed by atoms with E-state index in [1.165, 1.54) is 0 Å². The third-order valence-corrected chi connectivity index (χ3v) is 4.88. The minimum absolute atomic E-state index is 0.329. The summed E-state index contributed by atoms with van der Waals surface area (Å²) in [6.45, 7) is 9.32. The normalized spacial score (nSPS) is 12.7. The van der Waals surface area contributed by atoms with Gasteiger partial charge in [-0.05, 0) is 38.0 Å². The van der Waals surface area contributed by atoms with Crippen molar-refractivity contribution in [3.8, 4) is 0 Å². The zero-order chi connectivity index (χ0) is 19.1. The molecule has 5 heteroatoms. The summed E-state index contributed by atoms with van der Waals surface area (Å²) in [4.78, 5) is 25.1. The van der Waals surface area contributed by atoms with Gasteiger partial charge in [0.2, 0.25) is 0 Å². The Morgan fingerprint density at radius 3 is 1.92 bits per heavy atom. The lowest BCUT2D eigenvalue weighted by Gasteiger charge is -2.27. The summed E-state index contributed by atoms with van der Waals surface area (Å²) < 4.78 is 15.9. The molecular formula is C20H38O5. The summed E-state index contributed by atoms with van der Waals surface area (Å²) in [7, 11) is 1.68. The van der Waals surface area contributed by atoms with Crippen LogP contribution >= 0.6 is 0 Å². The second kappa shape index (κ2) is 14.1. The molecule has 148 valence electrons. The highest BCUT2D eigenvalue weighted by molar-refractivity contribution is 5.99. The van der Waals surface area contributed by atoms with Crippen molar-refractivity contribution in [3.63, 3.8) is 0 Å². The van der Waals surface area contributed by atoms with E-state index in [0.717, 1.165) is 38.5 Å². The third-order valence-electron chi connectivity index (χ3n) is 4.88. The van der Waals surface area contributed by atoms with Crippen LogP contribution in [0.4, 0.5) is 0 Å². The summed E-state index contributed by atoms with van der Waals surface area (Å²) in [6.07, 6.45) is 6.65. The van der Waals surface area contributed by atoms with Crippen molar-refractivity contribution in [2.24, 2.45) is 11.3 Å². The molecule has 0 bridgehead atoms. The lowest BCUT2D eigenvalue weighted by atomic mass is 9.82. The van der Waals surface area contributed by atoms with E-state index in [2.05, 4.69) is 13.8 Å². The molecule has 0 N–H and O–H groups in total. The van der Waals surface area contributed by atoms with Gasteiger partial charge in [-0.2, -0.15) is 0 Å². The molecule has 0 aliphatic heterocycles. The van der Waals surface area contributed by atoms with Gasteiger partial charge in [-0.25, -0.2) is 0 Å². The third kappa shape index (κ3) is 8.70. The number of hydrogen-bond acceptors (Lipinski definition) is 5. The molecule has 0 rings (SSSR count). The van der Waals surface area contributed by atoms with Crippen LogP contribution in [-0.4, -0.2) is 38.9 Å². The van der Waals surface area contributed by atoms with Crippen LogP contribution in [-0.2, 0) is 23.8 Å². The number of ether oxygens (including phenoxy) is 3. The molecule has 0 aromatic heterocycles. The Bertz CT molecular complexity index is 363. The van der Waals surface area contributed by atoms with Crippen molar-refractivity contribution in [1.29, 1.82) is 0 Å². The Morgan fingerprint density at radius 2 is 1.40 bits per heavy atom. The number of carbonyl (C=O) groups excluding carboxylic acids is 2. The fourth-order valence-electron chi connectivity index (χ4n) is 2.70. The van der Waals surface area contributed by atoms with Crippen molar-refractivity contribution in [2.75, 3.05) is 26.9 Å². The van der Waals surface area contributed by atoms with Crippen LogP contribution in [0.15, 0.2) is 0 Å². The highest BCUT2D eigenvalue weighted by Crippen LogP contribution is 2.30. The van der Waals surface area contributed by atoms with Crippen molar-refractivity contribution in [1.82, 2.24) is 0 Å². The summed E-state index contributed by atoms with van der Waals surface area (Å²) in [5, 5.41) is 0. The topological polar surface area (TPSA) is 61.8 Å². The minimum atomic E-state index is -1.17. The van der Waals surface area contributed by atoms with E-state index in [0.29, 0.717) is 38.6 Å². The molecule has 0 spiro atoms. The second-order valence-electron chi connectivity index (χ2n) is 6.80.